The second kappa shape index (κ2) is 17.5. The summed E-state index contributed by atoms with van der Waals surface area (Å²) >= 11 is 3.69. The molecule has 2 aromatic carbocycles. The molecule has 0 aliphatic rings. The maximum atomic E-state index is 5.71. The Bertz CT molecular complexity index is 1130. The van der Waals surface area contributed by atoms with Gasteiger partial charge in [-0.15, -0.1) is 22.7 Å². The Morgan fingerprint density at radius 2 is 0.750 bits per heavy atom. The van der Waals surface area contributed by atoms with Crippen LogP contribution in [0.5, 0.6) is 0 Å². The molecule has 0 radical (unpaired) electrons. The van der Waals surface area contributed by atoms with Gasteiger partial charge in [-0.05, 0) is 59.4 Å². The molecular formula is C34H42O4S2. The molecule has 0 saturated heterocycles. The van der Waals surface area contributed by atoms with E-state index in [0.29, 0.717) is 26.4 Å². The highest BCUT2D eigenvalue weighted by molar-refractivity contribution is 7.15. The molecule has 0 fully saturated rings. The van der Waals surface area contributed by atoms with E-state index < -0.39 is 0 Å². The highest BCUT2D eigenvalue weighted by Gasteiger charge is 2.07. The van der Waals surface area contributed by atoms with E-state index in [1.807, 2.05) is 22.7 Å². The normalized spacial score (nSPS) is 11.3. The van der Waals surface area contributed by atoms with Gasteiger partial charge in [0.1, 0.15) is 0 Å². The van der Waals surface area contributed by atoms with Crippen molar-refractivity contribution in [1.82, 2.24) is 0 Å². The minimum atomic E-state index is 0.667. The molecule has 0 aliphatic heterocycles. The predicted molar refractivity (Wildman–Crippen MR) is 170 cm³/mol. The van der Waals surface area contributed by atoms with E-state index >= 15 is 0 Å². The van der Waals surface area contributed by atoms with Crippen LogP contribution in [-0.2, 0) is 31.8 Å². The lowest BCUT2D eigenvalue weighted by Crippen LogP contribution is -2.06. The number of benzene rings is 2. The molecule has 0 atom stereocenters. The van der Waals surface area contributed by atoms with Crippen molar-refractivity contribution in [3.8, 4) is 32.0 Å². The van der Waals surface area contributed by atoms with Crippen molar-refractivity contribution in [2.24, 2.45) is 0 Å². The topological polar surface area (TPSA) is 36.9 Å². The molecule has 0 aliphatic carbocycles. The van der Waals surface area contributed by atoms with Crippen molar-refractivity contribution in [1.29, 1.82) is 0 Å². The van der Waals surface area contributed by atoms with E-state index in [9.17, 15) is 0 Å². The van der Waals surface area contributed by atoms with Crippen LogP contribution in [0.4, 0.5) is 0 Å². The second-order valence-corrected chi connectivity index (χ2v) is 12.0. The minimum absolute atomic E-state index is 0.667. The van der Waals surface area contributed by atoms with Crippen LogP contribution >= 0.6 is 22.7 Å². The van der Waals surface area contributed by atoms with Gasteiger partial charge >= 0.3 is 0 Å². The minimum Gasteiger partial charge on any atom is -0.379 e. The molecule has 2 heterocycles. The van der Waals surface area contributed by atoms with Crippen LogP contribution in [0.3, 0.4) is 0 Å². The number of hydrogen-bond acceptors (Lipinski definition) is 6. The third-order valence-corrected chi connectivity index (χ3v) is 8.81. The molecule has 2 aromatic heterocycles. The van der Waals surface area contributed by atoms with Gasteiger partial charge in [-0.3, -0.25) is 0 Å². The Hall–Kier alpha value is -2.32. The Labute approximate surface area is 247 Å². The zero-order chi connectivity index (χ0) is 27.8. The fourth-order valence-corrected chi connectivity index (χ4v) is 6.25. The van der Waals surface area contributed by atoms with Gasteiger partial charge in [0, 0.05) is 45.6 Å². The monoisotopic (exact) mass is 578 g/mol. The smallest absolute Gasteiger partial charge is 0.0700 e. The first-order valence-electron chi connectivity index (χ1n) is 14.5. The molecular weight excluding hydrogens is 537 g/mol. The zero-order valence-electron chi connectivity index (χ0n) is 23.9. The molecule has 40 heavy (non-hydrogen) atoms. The first kappa shape index (κ1) is 30.6. The molecule has 4 nitrogen and oxygen atoms in total. The molecule has 4 aromatic rings. The molecule has 6 heteroatoms. The summed E-state index contributed by atoms with van der Waals surface area (Å²) in [6.45, 7) is 10.0. The summed E-state index contributed by atoms with van der Waals surface area (Å²) in [5.41, 5.74) is 4.98. The molecule has 0 saturated carbocycles. The lowest BCUT2D eigenvalue weighted by atomic mass is 10.0. The summed E-state index contributed by atoms with van der Waals surface area (Å²) in [7, 11) is 0. The second-order valence-electron chi connectivity index (χ2n) is 9.64. The molecule has 0 amide bonds. The van der Waals surface area contributed by atoms with Gasteiger partial charge in [0.05, 0.1) is 39.6 Å². The summed E-state index contributed by atoms with van der Waals surface area (Å²) in [5.74, 6) is 0. The van der Waals surface area contributed by atoms with E-state index in [2.05, 4.69) is 86.6 Å². The highest BCUT2D eigenvalue weighted by Crippen LogP contribution is 2.33. The van der Waals surface area contributed by atoms with E-state index in [-0.39, 0.29) is 0 Å². The summed E-state index contributed by atoms with van der Waals surface area (Å²) in [6, 6.07) is 26.7. The number of ether oxygens (including phenoxy) is 4. The first-order chi connectivity index (χ1) is 19.8. The lowest BCUT2D eigenvalue weighted by molar-refractivity contribution is 0.0493. The van der Waals surface area contributed by atoms with E-state index in [0.717, 1.165) is 52.1 Å². The number of hydrogen-bond donors (Lipinski definition) is 0. The van der Waals surface area contributed by atoms with Crippen molar-refractivity contribution >= 4 is 22.7 Å². The Kier molecular flexibility index (Phi) is 13.4. The van der Waals surface area contributed by atoms with Crippen molar-refractivity contribution in [2.75, 3.05) is 52.9 Å². The quantitative estimate of drug-likeness (QED) is 0.104. The van der Waals surface area contributed by atoms with Crippen molar-refractivity contribution in [3.63, 3.8) is 0 Å². The molecule has 214 valence electrons. The van der Waals surface area contributed by atoms with Crippen molar-refractivity contribution < 1.29 is 18.9 Å². The molecule has 4 rings (SSSR count). The van der Waals surface area contributed by atoms with Crippen LogP contribution in [-0.4, -0.2) is 52.9 Å². The largest absolute Gasteiger partial charge is 0.379 e. The Morgan fingerprint density at radius 1 is 0.400 bits per heavy atom. The maximum absolute atomic E-state index is 5.71. The van der Waals surface area contributed by atoms with Gasteiger partial charge in [0.2, 0.25) is 0 Å². The van der Waals surface area contributed by atoms with E-state index in [1.54, 1.807) is 0 Å². The van der Waals surface area contributed by atoms with Crippen LogP contribution in [0.2, 0.25) is 0 Å². The molecule has 0 bridgehead atoms. The number of thiophene rings is 2. The summed E-state index contributed by atoms with van der Waals surface area (Å²) in [5, 5.41) is 0. The Morgan fingerprint density at radius 3 is 1.12 bits per heavy atom. The van der Waals surface area contributed by atoms with Gasteiger partial charge in [-0.1, -0.05) is 62.4 Å². The third-order valence-electron chi connectivity index (χ3n) is 6.42. The SMILES string of the molecule is CCCOCCOCCc1ccc(-c2ccc(-c3ccc(-c4ccc(CCOCCOCCC)s4)cc3)cc2)s1. The fourth-order valence-electron chi connectivity index (χ4n) is 4.27. The first-order valence-corrected chi connectivity index (χ1v) is 16.1. The lowest BCUT2D eigenvalue weighted by Gasteiger charge is -2.05. The maximum Gasteiger partial charge on any atom is 0.0700 e. The number of rotatable bonds is 19. The summed E-state index contributed by atoms with van der Waals surface area (Å²) in [4.78, 5) is 5.30. The van der Waals surface area contributed by atoms with Gasteiger partial charge in [-0.2, -0.15) is 0 Å². The standard InChI is InChI=1S/C34H42O4S2/c1-3-19-35-23-25-37-21-17-31-13-15-33(39-31)29-9-5-27(6-10-29)28-7-11-30(12-8-28)34-16-14-32(40-34)18-22-38-26-24-36-20-4-2/h5-16H,3-4,17-26H2,1-2H3. The van der Waals surface area contributed by atoms with Crippen LogP contribution in [0.1, 0.15) is 36.4 Å². The fraction of sp³-hybridized carbons (Fsp3) is 0.412. The van der Waals surface area contributed by atoms with Crippen LogP contribution < -0.4 is 0 Å². The van der Waals surface area contributed by atoms with Crippen LogP contribution in [0.25, 0.3) is 32.0 Å². The highest BCUT2D eigenvalue weighted by atomic mass is 32.1. The third kappa shape index (κ3) is 9.95. The van der Waals surface area contributed by atoms with Gasteiger partial charge in [-0.25, -0.2) is 0 Å². The molecule has 0 N–H and O–H groups in total. The van der Waals surface area contributed by atoms with E-state index in [4.69, 9.17) is 18.9 Å². The van der Waals surface area contributed by atoms with Crippen LogP contribution in [0.15, 0.2) is 72.8 Å². The predicted octanol–water partition coefficient (Wildman–Crippen LogP) is 8.78. The van der Waals surface area contributed by atoms with Gasteiger partial charge < -0.3 is 18.9 Å². The van der Waals surface area contributed by atoms with E-state index in [1.165, 1.54) is 41.8 Å². The average Bonchev–Trinajstić information content (AvgIpc) is 3.67. The van der Waals surface area contributed by atoms with Gasteiger partial charge in [0.25, 0.3) is 0 Å². The van der Waals surface area contributed by atoms with Crippen molar-refractivity contribution in [2.45, 2.75) is 39.5 Å². The molecule has 0 unspecified atom stereocenters. The summed E-state index contributed by atoms with van der Waals surface area (Å²) < 4.78 is 22.3. The Balaban J connectivity index is 1.23. The van der Waals surface area contributed by atoms with Crippen molar-refractivity contribution in [3.05, 3.63) is 82.6 Å². The molecule has 0 spiro atoms. The zero-order valence-corrected chi connectivity index (χ0v) is 25.5. The van der Waals surface area contributed by atoms with Crippen LogP contribution in [0, 0.1) is 0 Å². The average molecular weight is 579 g/mol. The summed E-state index contributed by atoms with van der Waals surface area (Å²) in [6.07, 6.45) is 3.98. The van der Waals surface area contributed by atoms with Gasteiger partial charge in [0.15, 0.2) is 0 Å².